The number of hydrogen-bond donors (Lipinski definition) is 3. The van der Waals surface area contributed by atoms with Crippen LogP contribution in [0.5, 0.6) is 11.5 Å². The number of urea groups is 1. The van der Waals surface area contributed by atoms with E-state index in [1.165, 1.54) is 5.56 Å². The Morgan fingerprint density at radius 3 is 2.31 bits per heavy atom. The number of carbonyl (C=O) groups is 2. The molecule has 1 unspecified atom stereocenters. The topological polar surface area (TPSA) is 128 Å². The number of aryl methyl sites for hydroxylation is 4. The van der Waals surface area contributed by atoms with Crippen molar-refractivity contribution in [1.29, 1.82) is 0 Å². The van der Waals surface area contributed by atoms with Gasteiger partial charge in [0.2, 0.25) is 0 Å². The van der Waals surface area contributed by atoms with Crippen molar-refractivity contribution in [3.63, 3.8) is 0 Å². The van der Waals surface area contributed by atoms with Gasteiger partial charge in [0.1, 0.15) is 23.0 Å². The average molecular weight is 620 g/mol. The minimum atomic E-state index is -0.217. The first-order valence-corrected chi connectivity index (χ1v) is 15.9. The van der Waals surface area contributed by atoms with E-state index in [2.05, 4.69) is 39.8 Å². The molecular formula is C35H51N6O4+. The fourth-order valence-electron chi connectivity index (χ4n) is 5.46. The predicted molar refractivity (Wildman–Crippen MR) is 180 cm³/mol. The SMILES string of the molecule is CCOc1ccc(NC(=O)NCCCC[N+](C)(CCCC(=O)c2nc(C)c(N)nc2C)CCCc2ccc(OC)cc2)cc1C. The van der Waals surface area contributed by atoms with Crippen LogP contribution in [0.25, 0.3) is 0 Å². The van der Waals surface area contributed by atoms with Crippen LogP contribution in [-0.2, 0) is 6.42 Å². The summed E-state index contributed by atoms with van der Waals surface area (Å²) in [5.74, 6) is 2.05. The molecule has 0 fully saturated rings. The highest BCUT2D eigenvalue weighted by molar-refractivity contribution is 5.95. The Morgan fingerprint density at radius 2 is 1.62 bits per heavy atom. The van der Waals surface area contributed by atoms with Crippen molar-refractivity contribution in [2.24, 2.45) is 0 Å². The molecule has 1 aromatic heterocycles. The monoisotopic (exact) mass is 619 g/mol. The molecule has 0 bridgehead atoms. The van der Waals surface area contributed by atoms with Crippen molar-refractivity contribution in [2.45, 2.75) is 66.2 Å². The highest BCUT2D eigenvalue weighted by atomic mass is 16.5. The van der Waals surface area contributed by atoms with E-state index in [1.54, 1.807) is 21.0 Å². The zero-order valence-electron chi connectivity index (χ0n) is 27.9. The van der Waals surface area contributed by atoms with Crippen molar-refractivity contribution in [3.05, 3.63) is 70.7 Å². The van der Waals surface area contributed by atoms with Gasteiger partial charge in [0.15, 0.2) is 5.78 Å². The third-order valence-corrected chi connectivity index (χ3v) is 8.11. The van der Waals surface area contributed by atoms with E-state index in [0.717, 1.165) is 79.0 Å². The van der Waals surface area contributed by atoms with E-state index in [4.69, 9.17) is 15.2 Å². The van der Waals surface area contributed by atoms with Gasteiger partial charge in [-0.05, 0) is 88.4 Å². The van der Waals surface area contributed by atoms with E-state index in [9.17, 15) is 9.59 Å². The van der Waals surface area contributed by atoms with Gasteiger partial charge in [0.05, 0.1) is 51.8 Å². The van der Waals surface area contributed by atoms with Crippen molar-refractivity contribution in [2.75, 3.05) is 58.0 Å². The second kappa shape index (κ2) is 17.3. The van der Waals surface area contributed by atoms with Crippen molar-refractivity contribution < 1.29 is 23.5 Å². The molecule has 2 amide bonds. The first-order chi connectivity index (χ1) is 21.5. The van der Waals surface area contributed by atoms with Crippen LogP contribution in [0.3, 0.4) is 0 Å². The minimum Gasteiger partial charge on any atom is -0.497 e. The lowest BCUT2D eigenvalue weighted by Gasteiger charge is -2.35. The first-order valence-electron chi connectivity index (χ1n) is 15.9. The minimum absolute atomic E-state index is 0.00539. The Hall–Kier alpha value is -4.18. The van der Waals surface area contributed by atoms with Gasteiger partial charge in [-0.25, -0.2) is 14.8 Å². The second-order valence-electron chi connectivity index (χ2n) is 11.9. The van der Waals surface area contributed by atoms with E-state index in [1.807, 2.05) is 44.2 Å². The second-order valence-corrected chi connectivity index (χ2v) is 11.9. The first kappa shape index (κ1) is 35.3. The molecule has 244 valence electrons. The van der Waals surface area contributed by atoms with Crippen LogP contribution in [0.1, 0.15) is 72.0 Å². The molecule has 0 saturated heterocycles. The Labute approximate surface area is 268 Å². The predicted octanol–water partition coefficient (Wildman–Crippen LogP) is 6.04. The maximum atomic E-state index is 13.0. The van der Waals surface area contributed by atoms with Crippen LogP contribution >= 0.6 is 0 Å². The van der Waals surface area contributed by atoms with Crippen molar-refractivity contribution >= 4 is 23.3 Å². The molecule has 0 saturated carbocycles. The quantitative estimate of drug-likeness (QED) is 0.0900. The number of nitrogen functional groups attached to an aromatic ring is 1. The Bertz CT molecular complexity index is 1410. The molecule has 3 rings (SSSR count). The third-order valence-electron chi connectivity index (χ3n) is 8.11. The summed E-state index contributed by atoms with van der Waals surface area (Å²) >= 11 is 0. The number of aromatic nitrogens is 2. The number of unbranched alkanes of at least 4 members (excludes halogenated alkanes) is 1. The smallest absolute Gasteiger partial charge is 0.319 e. The third kappa shape index (κ3) is 11.4. The molecule has 10 nitrogen and oxygen atoms in total. The van der Waals surface area contributed by atoms with Gasteiger partial charge in [0.25, 0.3) is 0 Å². The zero-order chi connectivity index (χ0) is 32.8. The molecule has 1 heterocycles. The molecule has 2 aromatic carbocycles. The largest absolute Gasteiger partial charge is 0.497 e. The van der Waals surface area contributed by atoms with Crippen molar-refractivity contribution in [3.8, 4) is 11.5 Å². The highest BCUT2D eigenvalue weighted by Crippen LogP contribution is 2.22. The number of ketones is 1. The lowest BCUT2D eigenvalue weighted by molar-refractivity contribution is -0.910. The summed E-state index contributed by atoms with van der Waals surface area (Å²) in [5, 5.41) is 5.88. The normalized spacial score (nSPS) is 12.3. The molecular weight excluding hydrogens is 568 g/mol. The molecule has 3 aromatic rings. The van der Waals surface area contributed by atoms with E-state index < -0.39 is 0 Å². The summed E-state index contributed by atoms with van der Waals surface area (Å²) in [6.07, 6.45) is 4.99. The van der Waals surface area contributed by atoms with Crippen LogP contribution < -0.4 is 25.8 Å². The number of Topliss-reactive ketones (excluding diaryl/α,β-unsaturated/α-hetero) is 1. The summed E-state index contributed by atoms with van der Waals surface area (Å²) in [6, 6.07) is 13.6. The average Bonchev–Trinajstić information content (AvgIpc) is 3.00. The molecule has 0 aliphatic rings. The van der Waals surface area contributed by atoms with Gasteiger partial charge >= 0.3 is 6.03 Å². The molecule has 0 aliphatic carbocycles. The summed E-state index contributed by atoms with van der Waals surface area (Å²) in [4.78, 5) is 34.2. The zero-order valence-corrected chi connectivity index (χ0v) is 27.9. The number of quaternary nitrogens is 1. The van der Waals surface area contributed by atoms with Crippen LogP contribution in [0.2, 0.25) is 0 Å². The number of benzene rings is 2. The Morgan fingerprint density at radius 1 is 0.911 bits per heavy atom. The lowest BCUT2D eigenvalue weighted by Crippen LogP contribution is -2.46. The molecule has 0 radical (unpaired) electrons. The maximum Gasteiger partial charge on any atom is 0.319 e. The number of carbonyl (C=O) groups excluding carboxylic acids is 2. The summed E-state index contributed by atoms with van der Waals surface area (Å²) in [5.41, 5.74) is 10.4. The number of nitrogens with two attached hydrogens (primary N) is 1. The molecule has 0 spiro atoms. The number of nitrogens with one attached hydrogen (secondary N) is 2. The van der Waals surface area contributed by atoms with Gasteiger partial charge < -0.3 is 30.3 Å². The Kier molecular flexibility index (Phi) is 13.6. The number of amides is 2. The van der Waals surface area contributed by atoms with E-state index in [0.29, 0.717) is 42.5 Å². The summed E-state index contributed by atoms with van der Waals surface area (Å²) in [6.45, 7) is 11.5. The number of rotatable bonds is 18. The van der Waals surface area contributed by atoms with E-state index >= 15 is 0 Å². The number of nitrogens with zero attached hydrogens (tertiary/aromatic N) is 3. The van der Waals surface area contributed by atoms with Gasteiger partial charge in [0, 0.05) is 31.5 Å². The van der Waals surface area contributed by atoms with Gasteiger partial charge in [-0.15, -0.1) is 0 Å². The maximum absolute atomic E-state index is 13.0. The fraction of sp³-hybridized carbons (Fsp3) is 0.486. The molecule has 0 aliphatic heterocycles. The molecule has 4 N–H and O–H groups in total. The fourth-order valence-corrected chi connectivity index (χ4v) is 5.46. The van der Waals surface area contributed by atoms with Crippen LogP contribution in [0.4, 0.5) is 16.3 Å². The number of hydrogen-bond acceptors (Lipinski definition) is 7. The van der Waals surface area contributed by atoms with Crippen LogP contribution in [0, 0.1) is 20.8 Å². The highest BCUT2D eigenvalue weighted by Gasteiger charge is 2.22. The van der Waals surface area contributed by atoms with Gasteiger partial charge in [-0.3, -0.25) is 4.79 Å². The number of ether oxygens (including phenoxy) is 2. The molecule has 1 atom stereocenters. The van der Waals surface area contributed by atoms with Crippen LogP contribution in [-0.4, -0.2) is 73.2 Å². The van der Waals surface area contributed by atoms with E-state index in [-0.39, 0.29) is 11.8 Å². The standard InChI is InChI=1S/C35H50N6O4/c1-7-45-32-19-16-29(24-25(32)2)40-35(43)37-20-8-9-21-41(5,22-10-12-28-14-17-30(44-6)18-15-28)23-11-13-31(42)33-26(3)39-34(36)27(4)38-33/h14-19,24H,7-13,20-23H2,1-6H3,(H3-,36,37,39,40,42,43)/p+1. The van der Waals surface area contributed by atoms with Gasteiger partial charge in [-0.1, -0.05) is 12.1 Å². The lowest BCUT2D eigenvalue weighted by atomic mass is 10.1. The van der Waals surface area contributed by atoms with Gasteiger partial charge in [-0.2, -0.15) is 0 Å². The molecule has 45 heavy (non-hydrogen) atoms. The van der Waals surface area contributed by atoms with Crippen molar-refractivity contribution in [1.82, 2.24) is 15.3 Å². The van der Waals surface area contributed by atoms with Crippen LogP contribution in [0.15, 0.2) is 42.5 Å². The Balaban J connectivity index is 1.51. The number of anilines is 2. The summed E-state index contributed by atoms with van der Waals surface area (Å²) < 4.78 is 11.7. The number of methoxy groups -OCH3 is 1. The summed E-state index contributed by atoms with van der Waals surface area (Å²) in [7, 11) is 3.95. The molecule has 10 heteroatoms.